The molecule has 0 radical (unpaired) electrons. The number of benzene rings is 1. The van der Waals surface area contributed by atoms with Crippen molar-refractivity contribution in [3.8, 4) is 0 Å². The molecule has 1 heterocycles. The Labute approximate surface area is 129 Å². The highest BCUT2D eigenvalue weighted by atomic mass is 16.4. The van der Waals surface area contributed by atoms with E-state index in [1.165, 1.54) is 0 Å². The van der Waals surface area contributed by atoms with Gasteiger partial charge in [-0.05, 0) is 30.7 Å². The smallest absolute Gasteiger partial charge is 0.335 e. The lowest BCUT2D eigenvalue weighted by Crippen LogP contribution is -2.27. The average molecular weight is 301 g/mol. The second kappa shape index (κ2) is 6.89. The van der Waals surface area contributed by atoms with Gasteiger partial charge in [-0.25, -0.2) is 4.79 Å². The molecule has 0 unspecified atom stereocenters. The number of amides is 1. The molecular formula is C16H19N3O3. The molecule has 0 aliphatic rings. The van der Waals surface area contributed by atoms with E-state index in [0.29, 0.717) is 6.54 Å². The molecule has 0 atom stereocenters. The van der Waals surface area contributed by atoms with Gasteiger partial charge in [-0.3, -0.25) is 9.48 Å². The number of nitrogens with zero attached hydrogens (tertiary/aromatic N) is 3. The lowest BCUT2D eigenvalue weighted by atomic mass is 10.1. The standard InChI is InChI=1S/C16H19N3O3/c1-3-19-9-8-14(17-19)10-15(20)18(2)11-12-4-6-13(7-5-12)16(21)22/h4-9H,3,10-11H2,1-2H3,(H,21,22). The van der Waals surface area contributed by atoms with Crippen LogP contribution < -0.4 is 0 Å². The maximum absolute atomic E-state index is 12.2. The Balaban J connectivity index is 1.94. The van der Waals surface area contributed by atoms with Gasteiger partial charge in [0, 0.05) is 26.3 Å². The van der Waals surface area contributed by atoms with Crippen molar-refractivity contribution in [3.63, 3.8) is 0 Å². The van der Waals surface area contributed by atoms with Gasteiger partial charge in [0.05, 0.1) is 17.7 Å². The van der Waals surface area contributed by atoms with Crippen LogP contribution in [-0.2, 0) is 24.3 Å². The van der Waals surface area contributed by atoms with E-state index >= 15 is 0 Å². The minimum Gasteiger partial charge on any atom is -0.478 e. The Kier molecular flexibility index (Phi) is 4.93. The van der Waals surface area contributed by atoms with Gasteiger partial charge in [-0.15, -0.1) is 0 Å². The van der Waals surface area contributed by atoms with Crippen LogP contribution in [0, 0.1) is 0 Å². The number of rotatable bonds is 6. The highest BCUT2D eigenvalue weighted by molar-refractivity contribution is 5.87. The van der Waals surface area contributed by atoms with E-state index in [2.05, 4.69) is 5.10 Å². The molecule has 0 saturated carbocycles. The maximum Gasteiger partial charge on any atom is 0.335 e. The maximum atomic E-state index is 12.2. The fourth-order valence-corrected chi connectivity index (χ4v) is 2.08. The summed E-state index contributed by atoms with van der Waals surface area (Å²) in [6, 6.07) is 8.37. The number of carbonyl (C=O) groups is 2. The van der Waals surface area contributed by atoms with Crippen molar-refractivity contribution in [2.24, 2.45) is 0 Å². The molecule has 0 spiro atoms. The number of aromatic nitrogens is 2. The molecule has 22 heavy (non-hydrogen) atoms. The monoisotopic (exact) mass is 301 g/mol. The van der Waals surface area contributed by atoms with E-state index < -0.39 is 5.97 Å². The first-order valence-corrected chi connectivity index (χ1v) is 7.08. The fraction of sp³-hybridized carbons (Fsp3) is 0.312. The van der Waals surface area contributed by atoms with Gasteiger partial charge >= 0.3 is 5.97 Å². The number of carboxylic acid groups (broad SMARTS) is 1. The lowest BCUT2D eigenvalue weighted by Gasteiger charge is -2.16. The summed E-state index contributed by atoms with van der Waals surface area (Å²) in [4.78, 5) is 24.6. The Bertz CT molecular complexity index is 662. The van der Waals surface area contributed by atoms with Gasteiger partial charge < -0.3 is 10.0 Å². The Morgan fingerprint density at radius 2 is 1.91 bits per heavy atom. The molecule has 1 aromatic carbocycles. The number of carbonyl (C=O) groups excluding carboxylic acids is 1. The Morgan fingerprint density at radius 1 is 1.23 bits per heavy atom. The summed E-state index contributed by atoms with van der Waals surface area (Å²) in [5.74, 6) is -0.980. The minimum atomic E-state index is -0.956. The summed E-state index contributed by atoms with van der Waals surface area (Å²) >= 11 is 0. The Morgan fingerprint density at radius 3 is 2.45 bits per heavy atom. The second-order valence-electron chi connectivity index (χ2n) is 5.09. The normalized spacial score (nSPS) is 10.5. The van der Waals surface area contributed by atoms with E-state index in [9.17, 15) is 9.59 Å². The predicted octanol–water partition coefficient (Wildman–Crippen LogP) is 1.80. The summed E-state index contributed by atoms with van der Waals surface area (Å²) in [7, 11) is 1.73. The van der Waals surface area contributed by atoms with Crippen LogP contribution in [0.25, 0.3) is 0 Å². The summed E-state index contributed by atoms with van der Waals surface area (Å²) in [6.45, 7) is 3.21. The highest BCUT2D eigenvalue weighted by Gasteiger charge is 2.12. The van der Waals surface area contributed by atoms with Crippen LogP contribution in [0.2, 0.25) is 0 Å². The molecule has 0 aliphatic heterocycles. The molecule has 1 N–H and O–H groups in total. The molecule has 6 heteroatoms. The topological polar surface area (TPSA) is 75.4 Å². The van der Waals surface area contributed by atoms with Crippen molar-refractivity contribution in [1.82, 2.24) is 14.7 Å². The zero-order valence-corrected chi connectivity index (χ0v) is 12.7. The number of aromatic carboxylic acids is 1. The van der Waals surface area contributed by atoms with Crippen LogP contribution in [0.15, 0.2) is 36.5 Å². The van der Waals surface area contributed by atoms with Crippen LogP contribution in [0.3, 0.4) is 0 Å². The zero-order valence-electron chi connectivity index (χ0n) is 12.7. The van der Waals surface area contributed by atoms with E-state index in [-0.39, 0.29) is 17.9 Å². The van der Waals surface area contributed by atoms with Gasteiger partial charge in [-0.2, -0.15) is 5.10 Å². The van der Waals surface area contributed by atoms with Gasteiger partial charge in [0.2, 0.25) is 5.91 Å². The molecule has 116 valence electrons. The third-order valence-electron chi connectivity index (χ3n) is 3.40. The first-order valence-electron chi connectivity index (χ1n) is 7.08. The Hall–Kier alpha value is -2.63. The van der Waals surface area contributed by atoms with Crippen molar-refractivity contribution in [2.75, 3.05) is 7.05 Å². The third-order valence-corrected chi connectivity index (χ3v) is 3.40. The fourth-order valence-electron chi connectivity index (χ4n) is 2.08. The highest BCUT2D eigenvalue weighted by Crippen LogP contribution is 2.08. The van der Waals surface area contributed by atoms with E-state index in [1.807, 2.05) is 19.2 Å². The van der Waals surface area contributed by atoms with Crippen LogP contribution in [0.5, 0.6) is 0 Å². The van der Waals surface area contributed by atoms with Crippen molar-refractivity contribution in [2.45, 2.75) is 26.4 Å². The van der Waals surface area contributed by atoms with Crippen molar-refractivity contribution in [1.29, 1.82) is 0 Å². The van der Waals surface area contributed by atoms with Crippen LogP contribution in [-0.4, -0.2) is 38.7 Å². The van der Waals surface area contributed by atoms with Gasteiger partial charge in [-0.1, -0.05) is 12.1 Å². The number of aryl methyl sites for hydroxylation is 1. The van der Waals surface area contributed by atoms with Crippen molar-refractivity contribution < 1.29 is 14.7 Å². The molecule has 0 aliphatic carbocycles. The first kappa shape index (κ1) is 15.8. The van der Waals surface area contributed by atoms with E-state index in [0.717, 1.165) is 17.8 Å². The minimum absolute atomic E-state index is 0.0244. The molecule has 1 amide bonds. The van der Waals surface area contributed by atoms with Gasteiger partial charge in [0.15, 0.2) is 0 Å². The van der Waals surface area contributed by atoms with Gasteiger partial charge in [0.1, 0.15) is 0 Å². The van der Waals surface area contributed by atoms with Crippen LogP contribution in [0.4, 0.5) is 0 Å². The summed E-state index contributed by atoms with van der Waals surface area (Å²) < 4.78 is 1.78. The summed E-state index contributed by atoms with van der Waals surface area (Å²) in [6.07, 6.45) is 2.12. The van der Waals surface area contributed by atoms with E-state index in [1.54, 1.807) is 40.9 Å². The SMILES string of the molecule is CCn1ccc(CC(=O)N(C)Cc2ccc(C(=O)O)cc2)n1. The van der Waals surface area contributed by atoms with Crippen molar-refractivity contribution >= 4 is 11.9 Å². The molecule has 0 saturated heterocycles. The van der Waals surface area contributed by atoms with Gasteiger partial charge in [0.25, 0.3) is 0 Å². The largest absolute Gasteiger partial charge is 0.478 e. The molecule has 1 aromatic heterocycles. The quantitative estimate of drug-likeness (QED) is 0.883. The molecular weight excluding hydrogens is 282 g/mol. The number of carboxylic acids is 1. The number of hydrogen-bond donors (Lipinski definition) is 1. The van der Waals surface area contributed by atoms with Crippen LogP contribution >= 0.6 is 0 Å². The zero-order chi connectivity index (χ0) is 16.1. The lowest BCUT2D eigenvalue weighted by molar-refractivity contribution is -0.129. The molecule has 6 nitrogen and oxygen atoms in total. The summed E-state index contributed by atoms with van der Waals surface area (Å²) in [5, 5.41) is 13.2. The summed E-state index contributed by atoms with van der Waals surface area (Å²) in [5.41, 5.74) is 1.88. The number of likely N-dealkylation sites (N-methyl/N-ethyl adjacent to an activating group) is 1. The molecule has 2 rings (SSSR count). The molecule has 2 aromatic rings. The van der Waals surface area contributed by atoms with Crippen LogP contribution in [0.1, 0.15) is 28.5 Å². The number of hydrogen-bond acceptors (Lipinski definition) is 3. The molecule has 0 fully saturated rings. The second-order valence-corrected chi connectivity index (χ2v) is 5.09. The first-order chi connectivity index (χ1) is 10.5. The average Bonchev–Trinajstić information content (AvgIpc) is 2.95. The third kappa shape index (κ3) is 3.94. The molecule has 0 bridgehead atoms. The predicted molar refractivity (Wildman–Crippen MR) is 81.5 cm³/mol. The van der Waals surface area contributed by atoms with E-state index in [4.69, 9.17) is 5.11 Å². The van der Waals surface area contributed by atoms with Crippen molar-refractivity contribution in [3.05, 3.63) is 53.3 Å².